The van der Waals surface area contributed by atoms with Crippen molar-refractivity contribution in [2.75, 3.05) is 26.4 Å². The van der Waals surface area contributed by atoms with Crippen LogP contribution in [0.15, 0.2) is 12.3 Å². The van der Waals surface area contributed by atoms with Crippen molar-refractivity contribution in [2.24, 2.45) is 0 Å². The Morgan fingerprint density at radius 1 is 1.33 bits per heavy atom. The number of hydrogen-bond donors (Lipinski definition) is 1. The first-order chi connectivity index (χ1) is 14.6. The van der Waals surface area contributed by atoms with Gasteiger partial charge in [0.25, 0.3) is 5.91 Å². The van der Waals surface area contributed by atoms with Crippen LogP contribution in [0.5, 0.6) is 0 Å². The second-order valence-corrected chi connectivity index (χ2v) is 7.15. The predicted molar refractivity (Wildman–Crippen MR) is 109 cm³/mol. The molecule has 0 fully saturated rings. The summed E-state index contributed by atoms with van der Waals surface area (Å²) < 4.78 is 12.8. The number of fused-ring (bicyclic) bond motifs is 1. The summed E-state index contributed by atoms with van der Waals surface area (Å²) in [6, 6.07) is 1.54. The maximum atomic E-state index is 12.7. The smallest absolute Gasteiger partial charge is 0.357 e. The van der Waals surface area contributed by atoms with Gasteiger partial charge in [-0.2, -0.15) is 5.10 Å². The van der Waals surface area contributed by atoms with Gasteiger partial charge in [0.15, 0.2) is 5.69 Å². The van der Waals surface area contributed by atoms with Gasteiger partial charge in [0.1, 0.15) is 5.82 Å². The van der Waals surface area contributed by atoms with Gasteiger partial charge < -0.3 is 14.8 Å². The van der Waals surface area contributed by atoms with Crippen LogP contribution < -0.4 is 5.32 Å². The fraction of sp³-hybridized carbons (Fsp3) is 0.571. The summed E-state index contributed by atoms with van der Waals surface area (Å²) in [4.78, 5) is 32.9. The highest BCUT2D eigenvalue weighted by Gasteiger charge is 2.22. The van der Waals surface area contributed by atoms with Gasteiger partial charge in [-0.1, -0.05) is 6.92 Å². The second-order valence-electron chi connectivity index (χ2n) is 7.15. The van der Waals surface area contributed by atoms with Crippen LogP contribution in [0.1, 0.15) is 64.2 Å². The van der Waals surface area contributed by atoms with E-state index in [1.807, 2.05) is 11.6 Å². The minimum Gasteiger partial charge on any atom is -0.461 e. The Morgan fingerprint density at radius 3 is 2.97 bits per heavy atom. The van der Waals surface area contributed by atoms with Gasteiger partial charge in [0.05, 0.1) is 23.6 Å². The number of esters is 1. The molecule has 2 aromatic heterocycles. The Bertz CT molecular complexity index is 880. The number of nitrogens with one attached hydrogen (secondary N) is 1. The second kappa shape index (κ2) is 10.8. The number of ether oxygens (including phenoxy) is 2. The van der Waals surface area contributed by atoms with Crippen molar-refractivity contribution in [1.82, 2.24) is 25.1 Å². The van der Waals surface area contributed by atoms with Crippen LogP contribution in [0, 0.1) is 6.92 Å². The maximum absolute atomic E-state index is 12.7. The summed E-state index contributed by atoms with van der Waals surface area (Å²) in [6.45, 7) is 6.43. The Balaban J connectivity index is 1.65. The van der Waals surface area contributed by atoms with Crippen LogP contribution in [0.3, 0.4) is 0 Å². The Morgan fingerprint density at radius 2 is 2.17 bits per heavy atom. The first kappa shape index (κ1) is 21.9. The van der Waals surface area contributed by atoms with E-state index < -0.39 is 5.97 Å². The first-order valence-electron chi connectivity index (χ1n) is 10.5. The van der Waals surface area contributed by atoms with E-state index in [1.165, 1.54) is 12.3 Å². The van der Waals surface area contributed by atoms with Gasteiger partial charge in [-0.05, 0) is 38.7 Å². The van der Waals surface area contributed by atoms with Crippen molar-refractivity contribution in [3.8, 4) is 0 Å². The van der Waals surface area contributed by atoms with Crippen LogP contribution in [-0.2, 0) is 28.9 Å². The van der Waals surface area contributed by atoms with E-state index in [9.17, 15) is 9.59 Å². The van der Waals surface area contributed by atoms with E-state index in [1.54, 1.807) is 6.92 Å². The van der Waals surface area contributed by atoms with E-state index >= 15 is 0 Å². The molecule has 2 aromatic rings. The number of carbonyl (C=O) groups excluding carboxylic acids is 2. The molecule has 162 valence electrons. The molecule has 0 spiro atoms. The lowest BCUT2D eigenvalue weighted by Crippen LogP contribution is -2.26. The highest BCUT2D eigenvalue weighted by Crippen LogP contribution is 2.19. The zero-order valence-corrected chi connectivity index (χ0v) is 17.6. The van der Waals surface area contributed by atoms with Crippen molar-refractivity contribution < 1.29 is 19.1 Å². The minimum atomic E-state index is -0.467. The average Bonchev–Trinajstić information content (AvgIpc) is 3.08. The van der Waals surface area contributed by atoms with Crippen molar-refractivity contribution in [3.63, 3.8) is 0 Å². The molecule has 1 aliphatic rings. The molecular formula is C21H29N5O4. The minimum absolute atomic E-state index is 0.0689. The zero-order valence-electron chi connectivity index (χ0n) is 17.6. The number of aryl methyl sites for hydroxylation is 3. The summed E-state index contributed by atoms with van der Waals surface area (Å²) in [5.41, 5.74) is 2.66. The fourth-order valence-corrected chi connectivity index (χ4v) is 3.43. The van der Waals surface area contributed by atoms with Crippen LogP contribution in [-0.4, -0.2) is 58.0 Å². The molecule has 0 radical (unpaired) electrons. The lowest BCUT2D eigenvalue weighted by molar-refractivity contribution is 0.0487. The number of nitrogens with zero attached hydrogens (tertiary/aromatic N) is 4. The number of hydrogen-bond acceptors (Lipinski definition) is 7. The molecule has 3 heterocycles. The van der Waals surface area contributed by atoms with Gasteiger partial charge in [-0.15, -0.1) is 0 Å². The predicted octanol–water partition coefficient (Wildman–Crippen LogP) is 1.87. The Labute approximate surface area is 176 Å². The number of rotatable bonds is 6. The van der Waals surface area contributed by atoms with Crippen LogP contribution in [0.4, 0.5) is 0 Å². The molecule has 0 saturated carbocycles. The number of aromatic nitrogens is 4. The molecule has 0 aliphatic carbocycles. The number of carbonyl (C=O) groups is 2. The van der Waals surface area contributed by atoms with Crippen LogP contribution >= 0.6 is 0 Å². The van der Waals surface area contributed by atoms with Crippen molar-refractivity contribution >= 4 is 11.9 Å². The molecule has 0 saturated heterocycles. The van der Waals surface area contributed by atoms with Gasteiger partial charge >= 0.3 is 5.97 Å². The van der Waals surface area contributed by atoms with Crippen molar-refractivity contribution in [2.45, 2.75) is 52.5 Å². The highest BCUT2D eigenvalue weighted by atomic mass is 16.5. The maximum Gasteiger partial charge on any atom is 0.357 e. The third kappa shape index (κ3) is 5.63. The fourth-order valence-electron chi connectivity index (χ4n) is 3.43. The van der Waals surface area contributed by atoms with E-state index in [0.29, 0.717) is 50.5 Å². The molecule has 0 atom stereocenters. The Hall–Kier alpha value is -2.81. The lowest BCUT2D eigenvalue weighted by Gasteiger charge is -2.10. The molecule has 0 aromatic carbocycles. The summed E-state index contributed by atoms with van der Waals surface area (Å²) in [5.74, 6) is -0.0110. The summed E-state index contributed by atoms with van der Waals surface area (Å²) in [5, 5.41) is 7.64. The largest absolute Gasteiger partial charge is 0.461 e. The molecule has 1 N–H and O–H groups in total. The quantitative estimate of drug-likeness (QED) is 0.567. The molecule has 9 nitrogen and oxygen atoms in total. The van der Waals surface area contributed by atoms with Crippen LogP contribution in [0.25, 0.3) is 0 Å². The van der Waals surface area contributed by atoms with Gasteiger partial charge in [-0.3, -0.25) is 9.48 Å². The third-order valence-electron chi connectivity index (χ3n) is 4.88. The van der Waals surface area contributed by atoms with Gasteiger partial charge in [0, 0.05) is 38.9 Å². The topological polar surface area (TPSA) is 108 Å². The highest BCUT2D eigenvalue weighted by molar-refractivity contribution is 5.96. The first-order valence-corrected chi connectivity index (χ1v) is 10.5. The van der Waals surface area contributed by atoms with E-state index in [0.717, 1.165) is 30.7 Å². The molecule has 9 heteroatoms. The summed E-state index contributed by atoms with van der Waals surface area (Å²) in [6.07, 6.45) is 5.15. The van der Waals surface area contributed by atoms with Crippen molar-refractivity contribution in [1.29, 1.82) is 0 Å². The summed E-state index contributed by atoms with van der Waals surface area (Å²) in [7, 11) is 0. The van der Waals surface area contributed by atoms with E-state index in [2.05, 4.69) is 20.4 Å². The molecule has 0 bridgehead atoms. The van der Waals surface area contributed by atoms with Crippen LogP contribution in [0.2, 0.25) is 0 Å². The zero-order chi connectivity index (χ0) is 21.3. The Kier molecular flexibility index (Phi) is 7.89. The third-order valence-corrected chi connectivity index (χ3v) is 4.88. The molecule has 1 amide bonds. The summed E-state index contributed by atoms with van der Waals surface area (Å²) >= 11 is 0. The molecule has 1 aliphatic heterocycles. The standard InChI is InChI=1S/C21H29N5O4/c1-3-16-19-18(7-4-12-29-13-5-9-23-20(19)27)26(25-16)11-6-14-30-21(28)17-8-10-22-15(2)24-17/h8,10H,3-7,9,11-14H2,1-2H3,(H,23,27). The molecule has 3 rings (SSSR count). The number of amides is 1. The average molecular weight is 415 g/mol. The molecule has 30 heavy (non-hydrogen) atoms. The van der Waals surface area contributed by atoms with E-state index in [-0.39, 0.29) is 18.2 Å². The SMILES string of the molecule is CCc1nn(CCCOC(=O)c2ccnc(C)n2)c2c1C(=O)NCCCOCCC2. The van der Waals surface area contributed by atoms with E-state index in [4.69, 9.17) is 9.47 Å². The van der Waals surface area contributed by atoms with Gasteiger partial charge in [0.2, 0.25) is 0 Å². The lowest BCUT2D eigenvalue weighted by atomic mass is 10.1. The normalized spacial score (nSPS) is 15.1. The van der Waals surface area contributed by atoms with Crippen molar-refractivity contribution in [3.05, 3.63) is 40.7 Å². The van der Waals surface area contributed by atoms with Gasteiger partial charge in [-0.25, -0.2) is 14.8 Å². The molecular weight excluding hydrogens is 386 g/mol. The monoisotopic (exact) mass is 415 g/mol. The molecule has 0 unspecified atom stereocenters.